The number of carboxylic acid groups (broad SMARTS) is 1. The number of benzene rings is 2. The number of hydrogen-bond acceptors (Lipinski definition) is 5. The van der Waals surface area contributed by atoms with Crippen LogP contribution in [0.15, 0.2) is 62.2 Å². The van der Waals surface area contributed by atoms with Crippen LogP contribution < -0.4 is 10.2 Å². The van der Waals surface area contributed by atoms with Gasteiger partial charge in [0.1, 0.15) is 18.0 Å². The van der Waals surface area contributed by atoms with Crippen LogP contribution in [0.25, 0.3) is 22.3 Å². The molecule has 0 saturated carbocycles. The van der Waals surface area contributed by atoms with E-state index in [9.17, 15) is 9.59 Å². The summed E-state index contributed by atoms with van der Waals surface area (Å²) in [5, 5.41) is 9.49. The monoisotopic (exact) mass is 446 g/mol. The van der Waals surface area contributed by atoms with Gasteiger partial charge in [-0.15, -0.1) is 0 Å². The van der Waals surface area contributed by atoms with E-state index in [1.807, 2.05) is 44.2 Å². The number of carboxylic acids is 1. The fourth-order valence-electron chi connectivity index (χ4n) is 3.59. The van der Waals surface area contributed by atoms with Gasteiger partial charge in [-0.05, 0) is 60.2 Å². The lowest BCUT2D eigenvalue weighted by atomic mass is 9.86. The van der Waals surface area contributed by atoms with Gasteiger partial charge in [-0.3, -0.25) is 4.79 Å². The Balaban J connectivity index is 1.83. The first-order chi connectivity index (χ1) is 15.5. The zero-order chi connectivity index (χ0) is 23.9. The molecule has 4 rings (SSSR count). The fourth-order valence-corrected chi connectivity index (χ4v) is 3.59. The molecule has 0 amide bonds. The molecule has 0 aliphatic carbocycles. The second-order valence-corrected chi connectivity index (χ2v) is 9.21. The number of carbonyl (C=O) groups is 1. The van der Waals surface area contributed by atoms with Crippen molar-refractivity contribution in [3.63, 3.8) is 0 Å². The van der Waals surface area contributed by atoms with Crippen molar-refractivity contribution in [3.05, 3.63) is 87.0 Å². The minimum Gasteiger partial charge on any atom is -0.478 e. The van der Waals surface area contributed by atoms with Gasteiger partial charge in [-0.25, -0.2) is 4.79 Å². The van der Waals surface area contributed by atoms with Gasteiger partial charge in [0, 0.05) is 5.56 Å². The normalized spacial score (nSPS) is 11.7. The zero-order valence-corrected chi connectivity index (χ0v) is 19.3. The van der Waals surface area contributed by atoms with Crippen molar-refractivity contribution in [3.8, 4) is 17.1 Å². The summed E-state index contributed by atoms with van der Waals surface area (Å²) in [5.41, 5.74) is 4.03. The summed E-state index contributed by atoms with van der Waals surface area (Å²) < 4.78 is 17.4. The molecule has 33 heavy (non-hydrogen) atoms. The summed E-state index contributed by atoms with van der Waals surface area (Å²) in [5.74, 6) is -0.690. The Morgan fingerprint density at radius 3 is 2.24 bits per heavy atom. The Hall–Kier alpha value is -3.80. The standard InChI is InChI=1S/C27H26O6/c1-15-12-20-22(13-16(15)2)33-24(17-6-8-18(9-7-17)27(3,4)5)25(23(20)28)31-14-19-10-11-21(32-19)26(29)30/h6-13H,14H2,1-5H3,(H,29,30). The average Bonchev–Trinajstić information content (AvgIpc) is 3.23. The molecule has 0 saturated heterocycles. The first-order valence-corrected chi connectivity index (χ1v) is 10.7. The van der Waals surface area contributed by atoms with Crippen LogP contribution >= 0.6 is 0 Å². The van der Waals surface area contributed by atoms with Crippen molar-refractivity contribution in [2.45, 2.75) is 46.6 Å². The quantitative estimate of drug-likeness (QED) is 0.390. The molecule has 2 aromatic carbocycles. The lowest BCUT2D eigenvalue weighted by molar-refractivity contribution is 0.0658. The van der Waals surface area contributed by atoms with Crippen molar-refractivity contribution < 1.29 is 23.5 Å². The van der Waals surface area contributed by atoms with Crippen LogP contribution in [-0.4, -0.2) is 11.1 Å². The number of aromatic carboxylic acids is 1. The second-order valence-electron chi connectivity index (χ2n) is 9.21. The van der Waals surface area contributed by atoms with E-state index in [4.69, 9.17) is 18.7 Å². The van der Waals surface area contributed by atoms with Gasteiger partial charge in [0.15, 0.2) is 5.76 Å². The molecular weight excluding hydrogens is 420 g/mol. The van der Waals surface area contributed by atoms with Crippen LogP contribution in [0.2, 0.25) is 0 Å². The summed E-state index contributed by atoms with van der Waals surface area (Å²) in [6.07, 6.45) is 0. The number of ether oxygens (including phenoxy) is 1. The molecule has 0 spiro atoms. The topological polar surface area (TPSA) is 89.9 Å². The van der Waals surface area contributed by atoms with Crippen molar-refractivity contribution in [1.29, 1.82) is 0 Å². The van der Waals surface area contributed by atoms with Crippen LogP contribution in [-0.2, 0) is 12.0 Å². The van der Waals surface area contributed by atoms with Gasteiger partial charge in [0.05, 0.1) is 5.39 Å². The number of rotatable bonds is 5. The molecule has 170 valence electrons. The molecule has 2 aromatic heterocycles. The summed E-state index contributed by atoms with van der Waals surface area (Å²) in [6.45, 7) is 10.2. The van der Waals surface area contributed by atoms with Gasteiger partial charge in [0.2, 0.25) is 16.9 Å². The minimum absolute atomic E-state index is 0.0160. The lowest BCUT2D eigenvalue weighted by Crippen LogP contribution is -2.12. The molecule has 2 heterocycles. The average molecular weight is 446 g/mol. The molecular formula is C27H26O6. The smallest absolute Gasteiger partial charge is 0.371 e. The highest BCUT2D eigenvalue weighted by atomic mass is 16.5. The van der Waals surface area contributed by atoms with Crippen molar-refractivity contribution in [2.75, 3.05) is 0 Å². The summed E-state index contributed by atoms with van der Waals surface area (Å²) in [4.78, 5) is 24.5. The third kappa shape index (κ3) is 4.42. The lowest BCUT2D eigenvalue weighted by Gasteiger charge is -2.19. The van der Waals surface area contributed by atoms with E-state index in [0.717, 1.165) is 16.7 Å². The van der Waals surface area contributed by atoms with Crippen molar-refractivity contribution >= 4 is 16.9 Å². The molecule has 0 bridgehead atoms. The molecule has 0 aliphatic heterocycles. The highest BCUT2D eigenvalue weighted by Crippen LogP contribution is 2.34. The SMILES string of the molecule is Cc1cc2oc(-c3ccc(C(C)(C)C)cc3)c(OCc3ccc(C(=O)O)o3)c(=O)c2cc1C. The predicted molar refractivity (Wildman–Crippen MR) is 126 cm³/mol. The Bertz CT molecular complexity index is 1400. The van der Waals surface area contributed by atoms with Gasteiger partial charge < -0.3 is 18.7 Å². The van der Waals surface area contributed by atoms with E-state index in [0.29, 0.717) is 28.1 Å². The van der Waals surface area contributed by atoms with E-state index in [1.54, 1.807) is 6.07 Å². The van der Waals surface area contributed by atoms with E-state index in [1.165, 1.54) is 12.1 Å². The third-order valence-electron chi connectivity index (χ3n) is 5.71. The maximum absolute atomic E-state index is 13.4. The molecule has 1 N–H and O–H groups in total. The Morgan fingerprint density at radius 1 is 0.970 bits per heavy atom. The van der Waals surface area contributed by atoms with Crippen molar-refractivity contribution in [2.24, 2.45) is 0 Å². The van der Waals surface area contributed by atoms with Crippen molar-refractivity contribution in [1.82, 2.24) is 0 Å². The summed E-state index contributed by atoms with van der Waals surface area (Å²) >= 11 is 0. The molecule has 0 atom stereocenters. The van der Waals surface area contributed by atoms with Gasteiger partial charge in [-0.1, -0.05) is 45.0 Å². The molecule has 0 fully saturated rings. The van der Waals surface area contributed by atoms with E-state index >= 15 is 0 Å². The molecule has 0 radical (unpaired) electrons. The number of fused-ring (bicyclic) bond motifs is 1. The van der Waals surface area contributed by atoms with Crippen LogP contribution in [0.5, 0.6) is 5.75 Å². The largest absolute Gasteiger partial charge is 0.478 e. The maximum Gasteiger partial charge on any atom is 0.371 e. The molecule has 0 unspecified atom stereocenters. The minimum atomic E-state index is -1.17. The van der Waals surface area contributed by atoms with Crippen LogP contribution in [0.3, 0.4) is 0 Å². The maximum atomic E-state index is 13.4. The predicted octanol–water partition coefficient (Wildman–Crippen LogP) is 6.24. The van der Waals surface area contributed by atoms with Gasteiger partial charge in [0.25, 0.3) is 0 Å². The molecule has 4 aromatic rings. The van der Waals surface area contributed by atoms with Gasteiger partial charge in [-0.2, -0.15) is 0 Å². The first-order valence-electron chi connectivity index (χ1n) is 10.7. The Morgan fingerprint density at radius 2 is 1.64 bits per heavy atom. The fraction of sp³-hybridized carbons (Fsp3) is 0.259. The molecule has 6 nitrogen and oxygen atoms in total. The number of furan rings is 1. The highest BCUT2D eigenvalue weighted by Gasteiger charge is 2.21. The highest BCUT2D eigenvalue weighted by molar-refractivity contribution is 5.84. The summed E-state index contributed by atoms with van der Waals surface area (Å²) in [6, 6.07) is 14.4. The Kier molecular flexibility index (Phi) is 5.62. The van der Waals surface area contributed by atoms with Crippen LogP contribution in [0.1, 0.15) is 53.8 Å². The zero-order valence-electron chi connectivity index (χ0n) is 19.3. The third-order valence-corrected chi connectivity index (χ3v) is 5.71. The molecule has 6 heteroatoms. The van der Waals surface area contributed by atoms with E-state index < -0.39 is 5.97 Å². The van der Waals surface area contributed by atoms with E-state index in [2.05, 4.69) is 20.8 Å². The molecule has 0 aliphatic rings. The number of aryl methyl sites for hydroxylation is 2. The van der Waals surface area contributed by atoms with E-state index in [-0.39, 0.29) is 29.0 Å². The summed E-state index contributed by atoms with van der Waals surface area (Å²) in [7, 11) is 0. The van der Waals surface area contributed by atoms with Crippen LogP contribution in [0.4, 0.5) is 0 Å². The number of hydrogen-bond donors (Lipinski definition) is 1. The van der Waals surface area contributed by atoms with Crippen LogP contribution in [0, 0.1) is 13.8 Å². The second kappa shape index (κ2) is 8.28. The first kappa shape index (κ1) is 22.4. The van der Waals surface area contributed by atoms with Gasteiger partial charge >= 0.3 is 5.97 Å². The Labute approximate surface area is 191 Å².